The molecule has 0 saturated carbocycles. The third-order valence-electron chi connectivity index (χ3n) is 0.243. The summed E-state index contributed by atoms with van der Waals surface area (Å²) in [6.07, 6.45) is 2.67. The van der Waals surface area contributed by atoms with Crippen molar-refractivity contribution in [3.05, 3.63) is 9.78 Å². The molecule has 0 unspecified atom stereocenters. The summed E-state index contributed by atoms with van der Waals surface area (Å²) < 4.78 is 0.641. The topological polar surface area (TPSA) is 49.9 Å². The molecule has 3 heteroatoms. The van der Waals surface area contributed by atoms with Gasteiger partial charge in [-0.3, -0.25) is 0 Å². The van der Waals surface area contributed by atoms with E-state index in [0.717, 1.165) is 6.21 Å². The van der Waals surface area contributed by atoms with Crippen LogP contribution in [0.1, 0.15) is 0 Å². The first-order chi connectivity index (χ1) is 2.77. The molecule has 0 aliphatic rings. The number of rotatable bonds is 1. The minimum atomic E-state index is 0.641. The molecule has 3 N–H and O–H groups in total. The SMILES string of the molecule is N=C/C=C(\N)I. The van der Waals surface area contributed by atoms with Crippen LogP contribution in [0.15, 0.2) is 9.78 Å². The lowest BCUT2D eigenvalue weighted by Gasteiger charge is -1.74. The summed E-state index contributed by atoms with van der Waals surface area (Å²) in [7, 11) is 0. The van der Waals surface area contributed by atoms with Gasteiger partial charge in [-0.2, -0.15) is 0 Å². The molecule has 0 aliphatic heterocycles. The maximum absolute atomic E-state index is 6.45. The van der Waals surface area contributed by atoms with E-state index in [1.807, 2.05) is 22.6 Å². The van der Waals surface area contributed by atoms with Crippen molar-refractivity contribution in [3.63, 3.8) is 0 Å². The van der Waals surface area contributed by atoms with Gasteiger partial charge in [0.15, 0.2) is 0 Å². The summed E-state index contributed by atoms with van der Waals surface area (Å²) >= 11 is 1.93. The fraction of sp³-hybridized carbons (Fsp3) is 0. The minimum Gasteiger partial charge on any atom is -0.394 e. The van der Waals surface area contributed by atoms with Gasteiger partial charge in [0.05, 0.1) is 3.70 Å². The van der Waals surface area contributed by atoms with Gasteiger partial charge in [0.2, 0.25) is 0 Å². The van der Waals surface area contributed by atoms with Gasteiger partial charge in [0.1, 0.15) is 0 Å². The van der Waals surface area contributed by atoms with E-state index in [4.69, 9.17) is 11.1 Å². The monoisotopic (exact) mass is 196 g/mol. The zero-order valence-corrected chi connectivity index (χ0v) is 5.27. The van der Waals surface area contributed by atoms with Gasteiger partial charge in [-0.05, 0) is 28.7 Å². The van der Waals surface area contributed by atoms with Gasteiger partial charge in [-0.25, -0.2) is 0 Å². The van der Waals surface area contributed by atoms with Crippen LogP contribution in [0.25, 0.3) is 0 Å². The van der Waals surface area contributed by atoms with Gasteiger partial charge < -0.3 is 11.1 Å². The van der Waals surface area contributed by atoms with E-state index in [2.05, 4.69) is 0 Å². The molecule has 0 atom stereocenters. The molecule has 6 heavy (non-hydrogen) atoms. The smallest absolute Gasteiger partial charge is 0.0720 e. The molecule has 34 valence electrons. The highest BCUT2D eigenvalue weighted by Crippen LogP contribution is 1.90. The first-order valence-corrected chi connectivity index (χ1v) is 2.47. The molecular weight excluding hydrogens is 191 g/mol. The molecule has 0 rings (SSSR count). The van der Waals surface area contributed by atoms with Crippen molar-refractivity contribution in [2.75, 3.05) is 0 Å². The Morgan fingerprint density at radius 3 is 2.33 bits per heavy atom. The fourth-order valence-corrected chi connectivity index (χ4v) is 0.259. The Hall–Kier alpha value is -0.0600. The van der Waals surface area contributed by atoms with Crippen LogP contribution in [0.4, 0.5) is 0 Å². The average molecular weight is 196 g/mol. The zero-order chi connectivity index (χ0) is 4.99. The van der Waals surface area contributed by atoms with E-state index in [1.54, 1.807) is 0 Å². The summed E-state index contributed by atoms with van der Waals surface area (Å²) in [6, 6.07) is 0. The quantitative estimate of drug-likeness (QED) is 0.365. The number of hydrogen-bond donors (Lipinski definition) is 2. The van der Waals surface area contributed by atoms with Crippen LogP contribution in [-0.4, -0.2) is 6.21 Å². The first-order valence-electron chi connectivity index (χ1n) is 1.39. The highest BCUT2D eigenvalue weighted by atomic mass is 127. The Kier molecular flexibility index (Phi) is 3.11. The molecule has 0 saturated heterocycles. The first kappa shape index (κ1) is 5.94. The second-order valence-corrected chi connectivity index (χ2v) is 1.96. The van der Waals surface area contributed by atoms with Gasteiger partial charge in [-0.1, -0.05) is 0 Å². The molecule has 0 heterocycles. The molecule has 0 fully saturated rings. The second-order valence-electron chi connectivity index (χ2n) is 0.718. The summed E-state index contributed by atoms with van der Waals surface area (Å²) in [5, 5.41) is 6.45. The second kappa shape index (κ2) is 3.14. The lowest BCUT2D eigenvalue weighted by molar-refractivity contribution is 1.55. The number of halogens is 1. The molecule has 0 aromatic carbocycles. The normalized spacial score (nSPS) is 11.2. The predicted molar refractivity (Wildman–Crippen MR) is 35.1 cm³/mol. The molecule has 0 bridgehead atoms. The predicted octanol–water partition coefficient (Wildman–Crippen LogP) is 0.871. The number of nitrogens with one attached hydrogen (secondary N) is 1. The van der Waals surface area contributed by atoms with Gasteiger partial charge in [-0.15, -0.1) is 0 Å². The molecule has 0 aromatic heterocycles. The van der Waals surface area contributed by atoms with Crippen molar-refractivity contribution >= 4 is 28.8 Å². The van der Waals surface area contributed by atoms with Crippen LogP contribution in [0, 0.1) is 5.41 Å². The third-order valence-corrected chi connectivity index (χ3v) is 0.602. The van der Waals surface area contributed by atoms with Gasteiger partial charge in [0.25, 0.3) is 0 Å². The highest BCUT2D eigenvalue weighted by molar-refractivity contribution is 14.1. The Labute approximate surface area is 50.1 Å². The van der Waals surface area contributed by atoms with Crippen LogP contribution in [0.5, 0.6) is 0 Å². The maximum atomic E-state index is 6.45. The van der Waals surface area contributed by atoms with E-state index >= 15 is 0 Å². The van der Waals surface area contributed by atoms with Gasteiger partial charge >= 0.3 is 0 Å². The molecule has 0 spiro atoms. The van der Waals surface area contributed by atoms with Crippen LogP contribution in [0.2, 0.25) is 0 Å². The zero-order valence-electron chi connectivity index (χ0n) is 3.11. The molecule has 0 aliphatic carbocycles. The van der Waals surface area contributed by atoms with Crippen LogP contribution >= 0.6 is 22.6 Å². The standard InChI is InChI=1S/C3H5IN2/c4-3(6)1-2-5/h1-2,5H,6H2/b3-1-,5-2?. The average Bonchev–Trinajstić information content (AvgIpc) is 1.35. The third kappa shape index (κ3) is 3.94. The molecule has 0 amide bonds. The maximum Gasteiger partial charge on any atom is 0.0720 e. The van der Waals surface area contributed by atoms with E-state index in [0.29, 0.717) is 3.70 Å². The summed E-state index contributed by atoms with van der Waals surface area (Å²) in [5.74, 6) is 0. The lowest BCUT2D eigenvalue weighted by Crippen LogP contribution is -1.84. The van der Waals surface area contributed by atoms with Crippen molar-refractivity contribution in [1.82, 2.24) is 0 Å². The van der Waals surface area contributed by atoms with Gasteiger partial charge in [0, 0.05) is 6.21 Å². The Morgan fingerprint density at radius 1 is 1.83 bits per heavy atom. The van der Waals surface area contributed by atoms with Crippen molar-refractivity contribution in [3.8, 4) is 0 Å². The molecule has 2 nitrogen and oxygen atoms in total. The molecular formula is C3H5IN2. The van der Waals surface area contributed by atoms with E-state index in [1.165, 1.54) is 6.08 Å². The Morgan fingerprint density at radius 2 is 2.33 bits per heavy atom. The summed E-state index contributed by atoms with van der Waals surface area (Å²) in [4.78, 5) is 0. The van der Waals surface area contributed by atoms with Crippen molar-refractivity contribution in [2.45, 2.75) is 0 Å². The van der Waals surface area contributed by atoms with Crippen LogP contribution < -0.4 is 5.73 Å². The van der Waals surface area contributed by atoms with Crippen LogP contribution in [-0.2, 0) is 0 Å². The molecule has 0 aromatic rings. The largest absolute Gasteiger partial charge is 0.394 e. The van der Waals surface area contributed by atoms with E-state index < -0.39 is 0 Å². The summed E-state index contributed by atoms with van der Waals surface area (Å²) in [5.41, 5.74) is 5.10. The van der Waals surface area contributed by atoms with Crippen LogP contribution in [0.3, 0.4) is 0 Å². The van der Waals surface area contributed by atoms with Crippen molar-refractivity contribution in [1.29, 1.82) is 5.41 Å². The number of hydrogen-bond acceptors (Lipinski definition) is 2. The Bertz CT molecular complexity index is 72.9. The van der Waals surface area contributed by atoms with Crippen molar-refractivity contribution in [2.24, 2.45) is 5.73 Å². The lowest BCUT2D eigenvalue weighted by atomic mass is 10.7. The number of allylic oxidation sites excluding steroid dienone is 1. The fourth-order valence-electron chi connectivity index (χ4n) is 0.0796. The molecule has 0 radical (unpaired) electrons. The highest BCUT2D eigenvalue weighted by Gasteiger charge is 1.67. The number of nitrogens with two attached hydrogens (primary N) is 1. The van der Waals surface area contributed by atoms with Crippen molar-refractivity contribution < 1.29 is 0 Å². The van der Waals surface area contributed by atoms with E-state index in [9.17, 15) is 0 Å². The minimum absolute atomic E-state index is 0.641. The summed E-state index contributed by atoms with van der Waals surface area (Å²) in [6.45, 7) is 0. The Balaban J connectivity index is 3.41. The van der Waals surface area contributed by atoms with E-state index in [-0.39, 0.29) is 0 Å².